The van der Waals surface area contributed by atoms with Crippen LogP contribution in [0.3, 0.4) is 0 Å². The molecule has 1 saturated heterocycles. The van der Waals surface area contributed by atoms with Gasteiger partial charge < -0.3 is 14.5 Å². The molecule has 3 aromatic rings. The fraction of sp³-hybridized carbons (Fsp3) is 0.261. The number of carbonyl (C=O) groups is 1. The highest BCUT2D eigenvalue weighted by Crippen LogP contribution is 2.30. The van der Waals surface area contributed by atoms with Crippen LogP contribution < -0.4 is 9.64 Å². The Bertz CT molecular complexity index is 1080. The van der Waals surface area contributed by atoms with Crippen LogP contribution in [0.4, 0.5) is 19.0 Å². The highest BCUT2D eigenvalue weighted by molar-refractivity contribution is 5.94. The number of ether oxygens (including phenoxy) is 1. The van der Waals surface area contributed by atoms with Gasteiger partial charge in [0, 0.05) is 37.3 Å². The first kappa shape index (κ1) is 21.6. The molecule has 6 nitrogen and oxygen atoms in total. The third-order valence-corrected chi connectivity index (χ3v) is 5.36. The molecule has 4 rings (SSSR count). The SMILES string of the molecule is COc1ccc(-c2ccc(N3CCN(C(=O)c4cccc(C(F)(F)F)c4)CC3)nn2)cc1. The van der Waals surface area contributed by atoms with E-state index in [1.54, 1.807) is 12.0 Å². The van der Waals surface area contributed by atoms with Crippen molar-refractivity contribution in [2.45, 2.75) is 6.18 Å². The van der Waals surface area contributed by atoms with Crippen molar-refractivity contribution in [3.05, 3.63) is 71.8 Å². The van der Waals surface area contributed by atoms with Crippen molar-refractivity contribution < 1.29 is 22.7 Å². The molecule has 0 spiro atoms. The summed E-state index contributed by atoms with van der Waals surface area (Å²) in [6.07, 6.45) is -4.48. The summed E-state index contributed by atoms with van der Waals surface area (Å²) in [5.74, 6) is 1.04. The molecular weight excluding hydrogens is 421 g/mol. The van der Waals surface area contributed by atoms with Crippen molar-refractivity contribution in [2.75, 3.05) is 38.2 Å². The van der Waals surface area contributed by atoms with Crippen LogP contribution in [0.5, 0.6) is 5.75 Å². The van der Waals surface area contributed by atoms with Gasteiger partial charge in [0.05, 0.1) is 18.4 Å². The molecule has 0 N–H and O–H groups in total. The summed E-state index contributed by atoms with van der Waals surface area (Å²) in [6.45, 7) is 1.80. The number of aromatic nitrogens is 2. The highest BCUT2D eigenvalue weighted by Gasteiger charge is 2.31. The standard InChI is InChI=1S/C23H21F3N4O2/c1-32-19-7-5-16(6-8-19)20-9-10-21(28-27-20)29-11-13-30(14-12-29)22(31)17-3-2-4-18(15-17)23(24,25)26/h2-10,15H,11-14H2,1H3. The van der Waals surface area contributed by atoms with Crippen LogP contribution in [0.2, 0.25) is 0 Å². The third-order valence-electron chi connectivity index (χ3n) is 5.36. The number of carbonyl (C=O) groups excluding carboxylic acids is 1. The van der Waals surface area contributed by atoms with E-state index in [0.29, 0.717) is 32.0 Å². The molecule has 0 unspecified atom stereocenters. The van der Waals surface area contributed by atoms with E-state index in [9.17, 15) is 18.0 Å². The van der Waals surface area contributed by atoms with Gasteiger partial charge in [-0.2, -0.15) is 13.2 Å². The molecule has 1 aliphatic rings. The van der Waals surface area contributed by atoms with E-state index in [1.807, 2.05) is 41.3 Å². The number of halogens is 3. The molecular formula is C23H21F3N4O2. The van der Waals surface area contributed by atoms with E-state index >= 15 is 0 Å². The van der Waals surface area contributed by atoms with Gasteiger partial charge in [-0.25, -0.2) is 0 Å². The second-order valence-corrected chi connectivity index (χ2v) is 7.36. The number of hydrogen-bond acceptors (Lipinski definition) is 5. The normalized spacial score (nSPS) is 14.4. The Kier molecular flexibility index (Phi) is 5.98. The minimum atomic E-state index is -4.48. The number of nitrogens with zero attached hydrogens (tertiary/aromatic N) is 4. The van der Waals surface area contributed by atoms with Crippen molar-refractivity contribution in [1.29, 1.82) is 0 Å². The maximum absolute atomic E-state index is 12.9. The van der Waals surface area contributed by atoms with E-state index < -0.39 is 17.6 Å². The molecule has 0 aliphatic carbocycles. The van der Waals surface area contributed by atoms with Gasteiger partial charge in [-0.3, -0.25) is 4.79 Å². The number of anilines is 1. The maximum atomic E-state index is 12.9. The summed E-state index contributed by atoms with van der Waals surface area (Å²) < 4.78 is 44.0. The molecule has 0 bridgehead atoms. The molecule has 2 aromatic carbocycles. The van der Waals surface area contributed by atoms with E-state index in [4.69, 9.17) is 4.74 Å². The molecule has 1 amide bonds. The Labute approximate surface area is 183 Å². The van der Waals surface area contributed by atoms with E-state index in [0.717, 1.165) is 29.1 Å². The molecule has 1 aromatic heterocycles. The van der Waals surface area contributed by atoms with Gasteiger partial charge in [-0.05, 0) is 54.6 Å². The minimum absolute atomic E-state index is 0.0388. The molecule has 0 atom stereocenters. The number of alkyl halides is 3. The minimum Gasteiger partial charge on any atom is -0.497 e. The number of piperazine rings is 1. The number of hydrogen-bond donors (Lipinski definition) is 0. The van der Waals surface area contributed by atoms with Gasteiger partial charge in [-0.15, -0.1) is 10.2 Å². The Hall–Kier alpha value is -3.62. The first-order valence-electron chi connectivity index (χ1n) is 10.0. The largest absolute Gasteiger partial charge is 0.497 e. The predicted molar refractivity (Wildman–Crippen MR) is 114 cm³/mol. The van der Waals surface area contributed by atoms with Crippen LogP contribution in [0.1, 0.15) is 15.9 Å². The maximum Gasteiger partial charge on any atom is 0.416 e. The van der Waals surface area contributed by atoms with Gasteiger partial charge in [0.1, 0.15) is 5.75 Å². The second kappa shape index (κ2) is 8.86. The van der Waals surface area contributed by atoms with E-state index in [2.05, 4.69) is 10.2 Å². The first-order chi connectivity index (χ1) is 15.3. The van der Waals surface area contributed by atoms with Crippen molar-refractivity contribution in [3.8, 4) is 17.0 Å². The summed E-state index contributed by atoms with van der Waals surface area (Å²) in [5, 5.41) is 8.60. The zero-order chi connectivity index (χ0) is 22.7. The van der Waals surface area contributed by atoms with Crippen molar-refractivity contribution in [2.24, 2.45) is 0 Å². The van der Waals surface area contributed by atoms with Gasteiger partial charge in [-0.1, -0.05) is 6.07 Å². The molecule has 9 heteroatoms. The summed E-state index contributed by atoms with van der Waals surface area (Å²) in [5.41, 5.74) is 0.863. The lowest BCUT2D eigenvalue weighted by Crippen LogP contribution is -2.49. The van der Waals surface area contributed by atoms with Crippen LogP contribution in [-0.4, -0.2) is 54.3 Å². The third kappa shape index (κ3) is 4.66. The Morgan fingerprint density at radius 3 is 2.25 bits per heavy atom. The van der Waals surface area contributed by atoms with Crippen LogP contribution in [0.15, 0.2) is 60.7 Å². The number of amides is 1. The van der Waals surface area contributed by atoms with E-state index in [-0.39, 0.29) is 5.56 Å². The molecule has 1 fully saturated rings. The van der Waals surface area contributed by atoms with Crippen LogP contribution >= 0.6 is 0 Å². The Balaban J connectivity index is 1.38. The monoisotopic (exact) mass is 442 g/mol. The van der Waals surface area contributed by atoms with Crippen LogP contribution in [-0.2, 0) is 6.18 Å². The quantitative estimate of drug-likeness (QED) is 0.608. The van der Waals surface area contributed by atoms with E-state index in [1.165, 1.54) is 12.1 Å². The van der Waals surface area contributed by atoms with Crippen molar-refractivity contribution in [1.82, 2.24) is 15.1 Å². The fourth-order valence-electron chi connectivity index (χ4n) is 3.56. The summed E-state index contributed by atoms with van der Waals surface area (Å²) >= 11 is 0. The summed E-state index contributed by atoms with van der Waals surface area (Å²) in [7, 11) is 1.61. The average Bonchev–Trinajstić information content (AvgIpc) is 2.83. The molecule has 32 heavy (non-hydrogen) atoms. The summed E-state index contributed by atoms with van der Waals surface area (Å²) in [4.78, 5) is 16.2. The first-order valence-corrected chi connectivity index (χ1v) is 10.0. The summed E-state index contributed by atoms with van der Waals surface area (Å²) in [6, 6.07) is 15.8. The second-order valence-electron chi connectivity index (χ2n) is 7.36. The highest BCUT2D eigenvalue weighted by atomic mass is 19.4. The Morgan fingerprint density at radius 1 is 0.938 bits per heavy atom. The molecule has 2 heterocycles. The Morgan fingerprint density at radius 2 is 1.66 bits per heavy atom. The van der Waals surface area contributed by atoms with Crippen molar-refractivity contribution >= 4 is 11.7 Å². The number of rotatable bonds is 4. The van der Waals surface area contributed by atoms with Crippen LogP contribution in [0.25, 0.3) is 11.3 Å². The van der Waals surface area contributed by atoms with Crippen molar-refractivity contribution in [3.63, 3.8) is 0 Å². The fourth-order valence-corrected chi connectivity index (χ4v) is 3.56. The van der Waals surface area contributed by atoms with Gasteiger partial charge in [0.15, 0.2) is 5.82 Å². The zero-order valence-corrected chi connectivity index (χ0v) is 17.3. The smallest absolute Gasteiger partial charge is 0.416 e. The lowest BCUT2D eigenvalue weighted by molar-refractivity contribution is -0.137. The molecule has 0 saturated carbocycles. The molecule has 166 valence electrons. The van der Waals surface area contributed by atoms with Gasteiger partial charge >= 0.3 is 6.18 Å². The molecule has 1 aliphatic heterocycles. The van der Waals surface area contributed by atoms with Gasteiger partial charge in [0.2, 0.25) is 0 Å². The predicted octanol–water partition coefficient (Wildman–Crippen LogP) is 4.13. The topological polar surface area (TPSA) is 58.6 Å². The molecule has 0 radical (unpaired) electrons. The lowest BCUT2D eigenvalue weighted by atomic mass is 10.1. The average molecular weight is 442 g/mol. The van der Waals surface area contributed by atoms with Crippen LogP contribution in [0, 0.1) is 0 Å². The van der Waals surface area contributed by atoms with Gasteiger partial charge in [0.25, 0.3) is 5.91 Å². The zero-order valence-electron chi connectivity index (χ0n) is 17.3. The lowest BCUT2D eigenvalue weighted by Gasteiger charge is -2.35. The number of benzene rings is 2. The number of methoxy groups -OCH3 is 1.